The fourth-order valence-corrected chi connectivity index (χ4v) is 2.76. The molecule has 2 N–H and O–H groups in total. The summed E-state index contributed by atoms with van der Waals surface area (Å²) in [5, 5.41) is 0. The highest BCUT2D eigenvalue weighted by atomic mass is 19.4. The molecule has 1 aromatic heterocycles. The molecule has 0 unspecified atom stereocenters. The number of H-pyrrole nitrogens is 2. The zero-order chi connectivity index (χ0) is 20.3. The molecule has 1 amide bonds. The topological polar surface area (TPSA) is 78.2 Å². The van der Waals surface area contributed by atoms with Crippen LogP contribution >= 0.6 is 0 Å². The Hall–Kier alpha value is -3.23. The maximum absolute atomic E-state index is 13.0. The summed E-state index contributed by atoms with van der Waals surface area (Å²) in [5.41, 5.74) is 2.07. The number of carbonyl (C=O) groups excluding carboxylic acids is 1. The molecule has 0 bridgehead atoms. The van der Waals surface area contributed by atoms with Crippen LogP contribution in [-0.2, 0) is 11.3 Å². The van der Waals surface area contributed by atoms with Crippen LogP contribution in [0.5, 0.6) is 5.75 Å². The molecule has 0 spiro atoms. The van der Waals surface area contributed by atoms with E-state index in [1.165, 1.54) is 0 Å². The van der Waals surface area contributed by atoms with Crippen LogP contribution in [0.1, 0.15) is 11.1 Å². The van der Waals surface area contributed by atoms with E-state index in [1.807, 2.05) is 6.92 Å². The molecule has 0 saturated heterocycles. The lowest BCUT2D eigenvalue weighted by Gasteiger charge is -2.24. The van der Waals surface area contributed by atoms with Crippen molar-refractivity contribution in [1.29, 1.82) is 0 Å². The van der Waals surface area contributed by atoms with Gasteiger partial charge in [-0.25, -0.2) is 4.79 Å². The molecule has 3 rings (SSSR count). The van der Waals surface area contributed by atoms with Crippen molar-refractivity contribution in [3.8, 4) is 5.75 Å². The first-order chi connectivity index (χ1) is 13.2. The number of aryl methyl sites for hydroxylation is 1. The Morgan fingerprint density at radius 3 is 2.50 bits per heavy atom. The zero-order valence-electron chi connectivity index (χ0n) is 15.0. The van der Waals surface area contributed by atoms with Crippen molar-refractivity contribution in [1.82, 2.24) is 14.9 Å². The zero-order valence-corrected chi connectivity index (χ0v) is 15.0. The largest absolute Gasteiger partial charge is 0.489 e. The number of benzene rings is 2. The van der Waals surface area contributed by atoms with Gasteiger partial charge in [-0.05, 0) is 24.6 Å². The quantitative estimate of drug-likeness (QED) is 0.676. The van der Waals surface area contributed by atoms with E-state index < -0.39 is 17.8 Å². The predicted octanol–water partition coefficient (Wildman–Crippen LogP) is 3.13. The summed E-state index contributed by atoms with van der Waals surface area (Å²) in [6.45, 7) is 1.24. The third-order valence-electron chi connectivity index (χ3n) is 4.16. The third kappa shape index (κ3) is 4.54. The van der Waals surface area contributed by atoms with Crippen molar-refractivity contribution < 1.29 is 22.7 Å². The van der Waals surface area contributed by atoms with Crippen molar-refractivity contribution >= 4 is 16.9 Å². The van der Waals surface area contributed by atoms with E-state index in [9.17, 15) is 22.8 Å². The number of aromatic amines is 2. The number of imidazole rings is 1. The molecule has 0 aliphatic carbocycles. The van der Waals surface area contributed by atoms with E-state index in [4.69, 9.17) is 4.74 Å². The van der Waals surface area contributed by atoms with Crippen LogP contribution < -0.4 is 10.4 Å². The number of rotatable bonds is 6. The molecule has 0 aliphatic rings. The van der Waals surface area contributed by atoms with Gasteiger partial charge in [-0.3, -0.25) is 4.79 Å². The maximum atomic E-state index is 13.0. The third-order valence-corrected chi connectivity index (χ3v) is 4.16. The predicted molar refractivity (Wildman–Crippen MR) is 97.1 cm³/mol. The summed E-state index contributed by atoms with van der Waals surface area (Å²) in [5.74, 6) is -1.62. The fraction of sp³-hybridized carbons (Fsp3) is 0.263. The van der Waals surface area contributed by atoms with E-state index in [1.54, 1.807) is 42.5 Å². The van der Waals surface area contributed by atoms with Gasteiger partial charge in [-0.1, -0.05) is 35.9 Å². The Kier molecular flexibility index (Phi) is 5.43. The number of halogens is 3. The average molecular weight is 393 g/mol. The standard InChI is InChI=1S/C19H18F3N3O3/c1-12-5-7-13(8-6-12)11-25(17(26)19(20,21)22)9-10-28-15-4-2-3-14-16(15)24-18(27)23-14/h2-8H,9-11H2,1H3,(H2,23,24,27). The minimum atomic E-state index is -4.98. The number of ether oxygens (including phenoxy) is 1. The Morgan fingerprint density at radius 1 is 1.11 bits per heavy atom. The number of alkyl halides is 3. The number of hydrogen-bond donors (Lipinski definition) is 2. The highest BCUT2D eigenvalue weighted by Crippen LogP contribution is 2.22. The molecule has 6 nitrogen and oxygen atoms in total. The number of aromatic nitrogens is 2. The summed E-state index contributed by atoms with van der Waals surface area (Å²) < 4.78 is 44.4. The summed E-state index contributed by atoms with van der Waals surface area (Å²) in [6.07, 6.45) is -4.98. The van der Waals surface area contributed by atoms with E-state index in [2.05, 4.69) is 9.97 Å². The molecule has 1 heterocycles. The number of amides is 1. The first kappa shape index (κ1) is 19.5. The van der Waals surface area contributed by atoms with Crippen molar-refractivity contribution in [2.75, 3.05) is 13.2 Å². The molecule has 2 aromatic carbocycles. The lowest BCUT2D eigenvalue weighted by Crippen LogP contribution is -2.42. The van der Waals surface area contributed by atoms with Gasteiger partial charge in [0.05, 0.1) is 12.1 Å². The number of hydrogen-bond acceptors (Lipinski definition) is 3. The Balaban J connectivity index is 1.72. The highest BCUT2D eigenvalue weighted by molar-refractivity contribution is 5.82. The van der Waals surface area contributed by atoms with Gasteiger partial charge < -0.3 is 19.6 Å². The van der Waals surface area contributed by atoms with Gasteiger partial charge in [0.1, 0.15) is 17.9 Å². The van der Waals surface area contributed by atoms with E-state index in [-0.39, 0.29) is 19.7 Å². The lowest BCUT2D eigenvalue weighted by molar-refractivity contribution is -0.186. The molecular weight excluding hydrogens is 375 g/mol. The lowest BCUT2D eigenvalue weighted by atomic mass is 10.1. The maximum Gasteiger partial charge on any atom is 0.471 e. The summed E-state index contributed by atoms with van der Waals surface area (Å²) in [4.78, 5) is 29.0. The number of carbonyl (C=O) groups is 1. The first-order valence-electron chi connectivity index (χ1n) is 8.49. The van der Waals surface area contributed by atoms with Crippen molar-refractivity contribution in [2.24, 2.45) is 0 Å². The number of nitrogens with one attached hydrogen (secondary N) is 2. The van der Waals surface area contributed by atoms with Crippen LogP contribution in [0.2, 0.25) is 0 Å². The Morgan fingerprint density at radius 2 is 1.82 bits per heavy atom. The second-order valence-corrected chi connectivity index (χ2v) is 6.32. The molecule has 0 aliphatic heterocycles. The number of nitrogens with zero attached hydrogens (tertiary/aromatic N) is 1. The number of fused-ring (bicyclic) bond motifs is 1. The molecular formula is C19H18F3N3O3. The first-order valence-corrected chi connectivity index (χ1v) is 8.49. The summed E-state index contributed by atoms with van der Waals surface area (Å²) >= 11 is 0. The highest BCUT2D eigenvalue weighted by Gasteiger charge is 2.42. The van der Waals surface area contributed by atoms with E-state index in [0.717, 1.165) is 5.56 Å². The molecule has 0 fully saturated rings. The van der Waals surface area contributed by atoms with Crippen LogP contribution in [0.25, 0.3) is 11.0 Å². The average Bonchev–Trinajstić information content (AvgIpc) is 3.02. The van der Waals surface area contributed by atoms with Crippen molar-refractivity contribution in [3.63, 3.8) is 0 Å². The van der Waals surface area contributed by atoms with Crippen LogP contribution in [0.3, 0.4) is 0 Å². The molecule has 0 radical (unpaired) electrons. The fourth-order valence-electron chi connectivity index (χ4n) is 2.76. The van der Waals surface area contributed by atoms with E-state index in [0.29, 0.717) is 27.2 Å². The molecule has 0 atom stereocenters. The minimum absolute atomic E-state index is 0.167. The van der Waals surface area contributed by atoms with Crippen LogP contribution in [0, 0.1) is 6.92 Å². The van der Waals surface area contributed by atoms with Gasteiger partial charge in [0.25, 0.3) is 0 Å². The second kappa shape index (κ2) is 7.79. The summed E-state index contributed by atoms with van der Waals surface area (Å²) in [6, 6.07) is 11.8. The monoisotopic (exact) mass is 393 g/mol. The second-order valence-electron chi connectivity index (χ2n) is 6.32. The minimum Gasteiger partial charge on any atom is -0.489 e. The molecule has 0 saturated carbocycles. The van der Waals surface area contributed by atoms with Crippen LogP contribution in [-0.4, -0.2) is 40.1 Å². The Bertz CT molecular complexity index is 1020. The number of para-hydroxylation sites is 1. The van der Waals surface area contributed by atoms with Crippen LogP contribution in [0.4, 0.5) is 13.2 Å². The molecule has 3 aromatic rings. The molecule has 9 heteroatoms. The molecule has 28 heavy (non-hydrogen) atoms. The SMILES string of the molecule is Cc1ccc(CN(CCOc2cccc3[nH]c(=O)[nH]c23)C(=O)C(F)(F)F)cc1. The van der Waals surface area contributed by atoms with Gasteiger partial charge in [-0.15, -0.1) is 0 Å². The summed E-state index contributed by atoms with van der Waals surface area (Å²) in [7, 11) is 0. The van der Waals surface area contributed by atoms with Gasteiger partial charge in [0.15, 0.2) is 0 Å². The normalized spacial score (nSPS) is 11.6. The van der Waals surface area contributed by atoms with Crippen molar-refractivity contribution in [3.05, 3.63) is 64.1 Å². The van der Waals surface area contributed by atoms with Gasteiger partial charge in [-0.2, -0.15) is 13.2 Å². The Labute approximate surface area is 157 Å². The van der Waals surface area contributed by atoms with Gasteiger partial charge in [0, 0.05) is 6.54 Å². The van der Waals surface area contributed by atoms with Crippen LogP contribution in [0.15, 0.2) is 47.3 Å². The van der Waals surface area contributed by atoms with Crippen molar-refractivity contribution in [2.45, 2.75) is 19.6 Å². The van der Waals surface area contributed by atoms with Gasteiger partial charge >= 0.3 is 17.8 Å². The van der Waals surface area contributed by atoms with E-state index >= 15 is 0 Å². The molecule has 148 valence electrons. The van der Waals surface area contributed by atoms with Gasteiger partial charge in [0.2, 0.25) is 0 Å². The smallest absolute Gasteiger partial charge is 0.471 e.